The van der Waals surface area contributed by atoms with Gasteiger partial charge in [0.2, 0.25) is 0 Å². The van der Waals surface area contributed by atoms with Gasteiger partial charge in [-0.05, 0) is 73.0 Å². The molecule has 2 aromatic carbocycles. The third-order valence-corrected chi connectivity index (χ3v) is 5.67. The van der Waals surface area contributed by atoms with Crippen molar-refractivity contribution in [1.29, 1.82) is 0 Å². The number of carbonyl (C=O) groups is 2. The number of oxime groups is 1. The molecule has 0 radical (unpaired) electrons. The van der Waals surface area contributed by atoms with Crippen molar-refractivity contribution < 1.29 is 19.2 Å². The van der Waals surface area contributed by atoms with Crippen molar-refractivity contribution in [2.24, 2.45) is 10.9 Å². The number of nitrogens with one attached hydrogen (secondary N) is 2. The zero-order valence-corrected chi connectivity index (χ0v) is 19.8. The van der Waals surface area contributed by atoms with Crippen LogP contribution < -0.4 is 26.1 Å². The van der Waals surface area contributed by atoms with Crippen LogP contribution in [-0.2, 0) is 4.79 Å². The fourth-order valence-electron chi connectivity index (χ4n) is 3.72. The quantitative estimate of drug-likeness (QED) is 0.498. The van der Waals surface area contributed by atoms with Gasteiger partial charge in [-0.3, -0.25) is 25.0 Å². The number of aromatic nitrogens is 1. The molecule has 0 saturated heterocycles. The van der Waals surface area contributed by atoms with Crippen LogP contribution in [0.5, 0.6) is 11.5 Å². The van der Waals surface area contributed by atoms with E-state index in [-0.39, 0.29) is 11.5 Å². The highest BCUT2D eigenvalue weighted by molar-refractivity contribution is 5.98. The zero-order chi connectivity index (χ0) is 25.1. The lowest BCUT2D eigenvalue weighted by Crippen LogP contribution is -2.47. The third-order valence-electron chi connectivity index (χ3n) is 5.67. The van der Waals surface area contributed by atoms with Gasteiger partial charge in [-0.2, -0.15) is 0 Å². The van der Waals surface area contributed by atoms with E-state index in [1.54, 1.807) is 55.5 Å². The molecule has 2 amide bonds. The molecule has 4 bridgehead atoms. The Kier molecular flexibility index (Phi) is 6.54. The topological polar surface area (TPSA) is 131 Å². The van der Waals surface area contributed by atoms with Crippen LogP contribution in [0.25, 0.3) is 0 Å². The minimum absolute atomic E-state index is 0.196. The average Bonchev–Trinajstić information content (AvgIpc) is 2.85. The molecule has 180 valence electrons. The number of hydrogen-bond donors (Lipinski definition) is 3. The second-order valence-corrected chi connectivity index (χ2v) is 8.09. The van der Waals surface area contributed by atoms with Gasteiger partial charge in [-0.15, -0.1) is 0 Å². The third kappa shape index (κ3) is 4.86. The first kappa shape index (κ1) is 23.6. The van der Waals surface area contributed by atoms with E-state index in [9.17, 15) is 9.59 Å². The number of carbonyl (C=O) groups excluding carboxylic acids is 2. The van der Waals surface area contributed by atoms with Crippen LogP contribution in [0.1, 0.15) is 38.8 Å². The summed E-state index contributed by atoms with van der Waals surface area (Å²) in [4.78, 5) is 36.1. The van der Waals surface area contributed by atoms with E-state index in [1.807, 2.05) is 6.92 Å². The Labute approximate surface area is 202 Å². The van der Waals surface area contributed by atoms with Gasteiger partial charge < -0.3 is 20.6 Å². The van der Waals surface area contributed by atoms with Gasteiger partial charge in [0.15, 0.2) is 17.3 Å². The number of nitrogens with two attached hydrogens (primary N) is 1. The maximum atomic E-state index is 13.6. The van der Waals surface area contributed by atoms with Crippen LogP contribution in [0, 0.1) is 13.8 Å². The largest absolute Gasteiger partial charge is 0.493 e. The molecule has 10 nitrogen and oxygen atoms in total. The van der Waals surface area contributed by atoms with Gasteiger partial charge in [0.1, 0.15) is 11.7 Å². The van der Waals surface area contributed by atoms with Gasteiger partial charge >= 0.3 is 0 Å². The Bertz CT molecular complexity index is 1310. The van der Waals surface area contributed by atoms with Crippen LogP contribution in [-0.4, -0.2) is 41.8 Å². The van der Waals surface area contributed by atoms with Gasteiger partial charge in [0.25, 0.3) is 11.8 Å². The molecular formula is C25H26N6O4. The van der Waals surface area contributed by atoms with E-state index in [1.165, 1.54) is 20.4 Å². The highest BCUT2D eigenvalue weighted by Gasteiger charge is 2.29. The highest BCUT2D eigenvalue weighted by Crippen LogP contribution is 2.35. The maximum Gasteiger partial charge on any atom is 0.288 e. The molecule has 2 aliphatic heterocycles. The molecule has 5 rings (SSSR count). The first-order valence-corrected chi connectivity index (χ1v) is 10.8. The van der Waals surface area contributed by atoms with E-state index in [0.717, 1.165) is 10.6 Å². The van der Waals surface area contributed by atoms with Crippen LogP contribution in [0.15, 0.2) is 59.9 Å². The summed E-state index contributed by atoms with van der Waals surface area (Å²) < 4.78 is 5.43. The van der Waals surface area contributed by atoms with E-state index in [4.69, 9.17) is 15.3 Å². The normalized spacial score (nSPS) is 14.4. The minimum atomic E-state index is -0.870. The first-order chi connectivity index (χ1) is 16.8. The fraction of sp³-hybridized carbons (Fsp3) is 0.200. The van der Waals surface area contributed by atoms with Crippen molar-refractivity contribution in [3.8, 4) is 11.5 Å². The van der Waals surface area contributed by atoms with Crippen molar-refractivity contribution in [2.45, 2.75) is 19.9 Å². The number of nitrogens with zero attached hydrogens (tertiary/aromatic N) is 3. The van der Waals surface area contributed by atoms with Crippen LogP contribution in [0.3, 0.4) is 0 Å². The Morgan fingerprint density at radius 2 is 1.89 bits per heavy atom. The molecule has 0 aliphatic carbocycles. The predicted molar refractivity (Wildman–Crippen MR) is 131 cm³/mol. The summed E-state index contributed by atoms with van der Waals surface area (Å²) in [5.41, 5.74) is 12.3. The SMILES string of the molecule is COc1cc(C)c2cc1ON=C(N)c1ccc(cc1)NC2C(=O)N(C)NC(=O)c1ncccc1C. The lowest BCUT2D eigenvalue weighted by molar-refractivity contribution is -0.133. The molecule has 2 aliphatic rings. The summed E-state index contributed by atoms with van der Waals surface area (Å²) in [7, 11) is 3.00. The standard InChI is InChI=1S/C25H26N6O4/c1-14-6-5-11-27-21(14)24(32)29-31(3)25(33)22-18-13-20(19(34-4)12-15(18)2)35-30-23(26)16-7-9-17(28-22)10-8-16/h5-13,22,28H,1-4H3,(H2,26,30)(H,29,32). The molecule has 0 fully saturated rings. The lowest BCUT2D eigenvalue weighted by Gasteiger charge is -2.27. The van der Waals surface area contributed by atoms with Crippen molar-refractivity contribution in [1.82, 2.24) is 15.4 Å². The number of rotatable bonds is 3. The number of anilines is 1. The number of amides is 2. The van der Waals surface area contributed by atoms with Crippen LogP contribution in [0.2, 0.25) is 0 Å². The summed E-state index contributed by atoms with van der Waals surface area (Å²) in [5, 5.41) is 8.43. The summed E-state index contributed by atoms with van der Waals surface area (Å²) in [5.74, 6) is 0.0296. The van der Waals surface area contributed by atoms with E-state index >= 15 is 0 Å². The zero-order valence-electron chi connectivity index (χ0n) is 19.8. The van der Waals surface area contributed by atoms with Crippen molar-refractivity contribution in [2.75, 3.05) is 19.5 Å². The smallest absolute Gasteiger partial charge is 0.288 e. The minimum Gasteiger partial charge on any atom is -0.493 e. The predicted octanol–water partition coefficient (Wildman–Crippen LogP) is 2.68. The van der Waals surface area contributed by atoms with E-state index in [0.29, 0.717) is 33.9 Å². The Morgan fingerprint density at radius 3 is 2.57 bits per heavy atom. The summed E-state index contributed by atoms with van der Waals surface area (Å²) in [6.45, 7) is 3.63. The molecule has 4 N–H and O–H groups in total. The van der Waals surface area contributed by atoms with Gasteiger partial charge in [0.05, 0.1) is 7.11 Å². The van der Waals surface area contributed by atoms with E-state index < -0.39 is 17.9 Å². The Morgan fingerprint density at radius 1 is 1.14 bits per heavy atom. The number of likely N-dealkylation sites (N-methyl/N-ethyl adjacent to an activating group) is 1. The van der Waals surface area contributed by atoms with Crippen LogP contribution in [0.4, 0.5) is 5.69 Å². The first-order valence-electron chi connectivity index (χ1n) is 10.8. The number of fused-ring (bicyclic) bond motifs is 4. The Hall–Kier alpha value is -4.60. The second kappa shape index (κ2) is 9.72. The molecule has 35 heavy (non-hydrogen) atoms. The van der Waals surface area contributed by atoms with Crippen molar-refractivity contribution in [3.63, 3.8) is 0 Å². The molecule has 3 heterocycles. The maximum absolute atomic E-state index is 13.6. The molecule has 0 saturated carbocycles. The average molecular weight is 475 g/mol. The van der Waals surface area contributed by atoms with Crippen LogP contribution >= 0.6 is 0 Å². The number of aryl methyl sites for hydroxylation is 2. The number of benzene rings is 2. The lowest BCUT2D eigenvalue weighted by atomic mass is 9.98. The van der Waals surface area contributed by atoms with Gasteiger partial charge in [-0.25, -0.2) is 0 Å². The number of pyridine rings is 1. The number of ether oxygens (including phenoxy) is 1. The number of hydrogen-bond acceptors (Lipinski definition) is 8. The van der Waals surface area contributed by atoms with E-state index in [2.05, 4.69) is 20.9 Å². The summed E-state index contributed by atoms with van der Waals surface area (Å²) in [6.07, 6.45) is 1.53. The van der Waals surface area contributed by atoms with Crippen molar-refractivity contribution in [3.05, 3.63) is 82.7 Å². The summed E-state index contributed by atoms with van der Waals surface area (Å²) in [6, 6.07) is 13.2. The molecule has 3 aromatic rings. The van der Waals surface area contributed by atoms with Gasteiger partial charge in [-0.1, -0.05) is 11.2 Å². The number of methoxy groups -OCH3 is 1. The molecule has 1 aromatic heterocycles. The second-order valence-electron chi connectivity index (χ2n) is 8.09. The molecular weight excluding hydrogens is 448 g/mol. The van der Waals surface area contributed by atoms with Crippen molar-refractivity contribution >= 4 is 23.3 Å². The highest BCUT2D eigenvalue weighted by atomic mass is 16.6. The fourth-order valence-corrected chi connectivity index (χ4v) is 3.72. The Balaban J connectivity index is 1.72. The number of amidine groups is 1. The molecule has 10 heteroatoms. The molecule has 1 atom stereocenters. The monoisotopic (exact) mass is 474 g/mol. The molecule has 1 unspecified atom stereocenters. The van der Waals surface area contributed by atoms with Gasteiger partial charge in [0, 0.05) is 24.5 Å². The number of hydrazine groups is 1. The summed E-state index contributed by atoms with van der Waals surface area (Å²) >= 11 is 0. The molecule has 0 spiro atoms.